The average Bonchev–Trinajstić information content (AvgIpc) is 2.76. The van der Waals surface area contributed by atoms with E-state index in [4.69, 9.17) is 16.7 Å². The van der Waals surface area contributed by atoms with Gasteiger partial charge in [-0.25, -0.2) is 4.98 Å². The second kappa shape index (κ2) is 5.68. The Hall–Kier alpha value is -0.550. The average molecular weight is 272 g/mol. The van der Waals surface area contributed by atoms with Gasteiger partial charge in [-0.2, -0.15) is 0 Å². The zero-order valence-corrected chi connectivity index (χ0v) is 10.8. The molecule has 0 saturated heterocycles. The van der Waals surface area contributed by atoms with Crippen LogP contribution in [-0.2, 0) is 12.4 Å². The predicted molar refractivity (Wildman–Crippen MR) is 69.0 cm³/mol. The molecule has 0 fully saturated rings. The minimum absolute atomic E-state index is 0.0639. The van der Waals surface area contributed by atoms with Gasteiger partial charge in [-0.05, 0) is 12.1 Å². The second-order valence-electron chi connectivity index (χ2n) is 3.10. The highest BCUT2D eigenvalue weighted by atomic mass is 35.5. The molecule has 0 amide bonds. The summed E-state index contributed by atoms with van der Waals surface area (Å²) in [5.41, 5.74) is 0. The first-order chi connectivity index (χ1) is 7.79. The second-order valence-corrected chi connectivity index (χ2v) is 5.72. The van der Waals surface area contributed by atoms with Crippen molar-refractivity contribution in [3.63, 3.8) is 0 Å². The van der Waals surface area contributed by atoms with E-state index in [1.54, 1.807) is 18.0 Å². The normalized spacial score (nSPS) is 10.6. The van der Waals surface area contributed by atoms with Gasteiger partial charge in [0, 0.05) is 11.1 Å². The summed E-state index contributed by atoms with van der Waals surface area (Å²) < 4.78 is 0. The molecule has 1 aromatic heterocycles. The molecule has 5 heteroatoms. The predicted octanol–water partition coefficient (Wildman–Crippen LogP) is 3.58. The van der Waals surface area contributed by atoms with Crippen LogP contribution in [0, 0.1) is 0 Å². The molecule has 1 N–H and O–H groups in total. The lowest BCUT2D eigenvalue weighted by Gasteiger charge is -2.01. The van der Waals surface area contributed by atoms with Crippen molar-refractivity contribution in [2.24, 2.45) is 0 Å². The van der Waals surface area contributed by atoms with Gasteiger partial charge in [0.25, 0.3) is 0 Å². The zero-order valence-electron chi connectivity index (χ0n) is 8.39. The number of aliphatic hydroxyl groups excluding tert-OH is 1. The van der Waals surface area contributed by atoms with Crippen LogP contribution in [0.25, 0.3) is 0 Å². The molecule has 1 aromatic carbocycles. The Morgan fingerprint density at radius 3 is 2.88 bits per heavy atom. The van der Waals surface area contributed by atoms with Crippen LogP contribution in [0.2, 0.25) is 5.02 Å². The molecule has 16 heavy (non-hydrogen) atoms. The van der Waals surface area contributed by atoms with Gasteiger partial charge in [-0.15, -0.1) is 23.1 Å². The summed E-state index contributed by atoms with van der Waals surface area (Å²) in [7, 11) is 0. The number of benzene rings is 1. The molecule has 0 unspecified atom stereocenters. The van der Waals surface area contributed by atoms with Gasteiger partial charge in [0.05, 0.1) is 22.3 Å². The molecular weight excluding hydrogens is 262 g/mol. The highest BCUT2D eigenvalue weighted by Crippen LogP contribution is 2.30. The molecule has 0 atom stereocenters. The largest absolute Gasteiger partial charge is 0.391 e. The Morgan fingerprint density at radius 2 is 2.19 bits per heavy atom. The first kappa shape index (κ1) is 11.9. The maximum absolute atomic E-state index is 8.92. The van der Waals surface area contributed by atoms with Crippen LogP contribution in [0.1, 0.15) is 9.88 Å². The molecule has 0 saturated carbocycles. The van der Waals surface area contributed by atoms with Crippen LogP contribution in [0.4, 0.5) is 0 Å². The maximum Gasteiger partial charge on any atom is 0.103 e. The van der Waals surface area contributed by atoms with E-state index in [2.05, 4.69) is 4.98 Å². The van der Waals surface area contributed by atoms with Crippen molar-refractivity contribution in [1.29, 1.82) is 0 Å². The van der Waals surface area contributed by atoms with E-state index in [-0.39, 0.29) is 6.61 Å². The number of halogens is 1. The third-order valence-electron chi connectivity index (χ3n) is 1.95. The summed E-state index contributed by atoms with van der Waals surface area (Å²) in [5, 5.41) is 10.7. The Bertz CT molecular complexity index is 473. The smallest absolute Gasteiger partial charge is 0.103 e. The molecule has 0 bridgehead atoms. The number of thioether (sulfide) groups is 1. The quantitative estimate of drug-likeness (QED) is 0.863. The Kier molecular flexibility index (Phi) is 4.23. The molecule has 0 aliphatic carbocycles. The fourth-order valence-electron chi connectivity index (χ4n) is 1.19. The molecule has 84 valence electrons. The maximum atomic E-state index is 8.92. The summed E-state index contributed by atoms with van der Waals surface area (Å²) in [4.78, 5) is 6.18. The van der Waals surface area contributed by atoms with E-state index in [1.165, 1.54) is 11.3 Å². The van der Waals surface area contributed by atoms with Crippen molar-refractivity contribution in [3.8, 4) is 0 Å². The molecular formula is C11H10ClNOS2. The number of hydrogen-bond donors (Lipinski definition) is 1. The number of nitrogens with zero attached hydrogens (tertiary/aromatic N) is 1. The van der Waals surface area contributed by atoms with E-state index < -0.39 is 0 Å². The Morgan fingerprint density at radius 1 is 1.38 bits per heavy atom. The van der Waals surface area contributed by atoms with Crippen LogP contribution in [0.15, 0.2) is 35.4 Å². The highest BCUT2D eigenvalue weighted by molar-refractivity contribution is 7.98. The molecule has 2 nitrogen and oxygen atoms in total. The lowest BCUT2D eigenvalue weighted by Crippen LogP contribution is -1.78. The minimum atomic E-state index is 0.0639. The van der Waals surface area contributed by atoms with Crippen LogP contribution in [0.3, 0.4) is 0 Å². The molecule has 2 rings (SSSR count). The van der Waals surface area contributed by atoms with Gasteiger partial charge in [-0.1, -0.05) is 23.7 Å². The topological polar surface area (TPSA) is 33.1 Å². The lowest BCUT2D eigenvalue weighted by molar-refractivity contribution is 0.285. The van der Waals surface area contributed by atoms with Crippen LogP contribution < -0.4 is 0 Å². The standard InChI is InChI=1S/C11H10ClNOS2/c12-9-3-1-2-4-10(9)15-7-11-13-5-8(6-14)16-11/h1-5,14H,6-7H2. The number of aliphatic hydroxyl groups is 1. The Balaban J connectivity index is 1.99. The van der Waals surface area contributed by atoms with Crippen molar-refractivity contribution in [3.05, 3.63) is 45.4 Å². The molecule has 0 aliphatic heterocycles. The fraction of sp³-hybridized carbons (Fsp3) is 0.182. The molecule has 2 aromatic rings. The van der Waals surface area contributed by atoms with Crippen molar-refractivity contribution < 1.29 is 5.11 Å². The molecule has 0 radical (unpaired) electrons. The van der Waals surface area contributed by atoms with E-state index in [1.807, 2.05) is 24.3 Å². The van der Waals surface area contributed by atoms with Gasteiger partial charge in [0.2, 0.25) is 0 Å². The lowest BCUT2D eigenvalue weighted by atomic mass is 10.4. The van der Waals surface area contributed by atoms with Crippen LogP contribution in [-0.4, -0.2) is 10.1 Å². The van der Waals surface area contributed by atoms with Gasteiger partial charge < -0.3 is 5.11 Å². The van der Waals surface area contributed by atoms with E-state index in [0.717, 1.165) is 25.6 Å². The number of aromatic nitrogens is 1. The summed E-state index contributed by atoms with van der Waals surface area (Å²) in [6.07, 6.45) is 1.72. The highest BCUT2D eigenvalue weighted by Gasteiger charge is 2.04. The monoisotopic (exact) mass is 271 g/mol. The third kappa shape index (κ3) is 2.98. The number of rotatable bonds is 4. The first-order valence-corrected chi connectivity index (χ1v) is 6.89. The van der Waals surface area contributed by atoms with E-state index >= 15 is 0 Å². The number of hydrogen-bond acceptors (Lipinski definition) is 4. The van der Waals surface area contributed by atoms with Crippen molar-refractivity contribution in [2.75, 3.05) is 0 Å². The SMILES string of the molecule is OCc1cnc(CSc2ccccc2Cl)s1. The van der Waals surface area contributed by atoms with Crippen molar-refractivity contribution >= 4 is 34.7 Å². The fourth-order valence-corrected chi connectivity index (χ4v) is 3.21. The molecule has 0 spiro atoms. The van der Waals surface area contributed by atoms with Gasteiger partial charge in [-0.3, -0.25) is 0 Å². The van der Waals surface area contributed by atoms with Crippen molar-refractivity contribution in [1.82, 2.24) is 4.98 Å². The first-order valence-electron chi connectivity index (χ1n) is 4.71. The summed E-state index contributed by atoms with van der Waals surface area (Å²) in [5.74, 6) is 0.786. The van der Waals surface area contributed by atoms with Crippen LogP contribution >= 0.6 is 34.7 Å². The molecule has 0 aliphatic rings. The minimum Gasteiger partial charge on any atom is -0.391 e. The summed E-state index contributed by atoms with van der Waals surface area (Å²) in [6, 6.07) is 7.76. The van der Waals surface area contributed by atoms with Crippen molar-refractivity contribution in [2.45, 2.75) is 17.3 Å². The van der Waals surface area contributed by atoms with E-state index in [9.17, 15) is 0 Å². The summed E-state index contributed by atoms with van der Waals surface area (Å²) in [6.45, 7) is 0.0639. The van der Waals surface area contributed by atoms with Crippen LogP contribution in [0.5, 0.6) is 0 Å². The summed E-state index contributed by atoms with van der Waals surface area (Å²) >= 11 is 9.24. The van der Waals surface area contributed by atoms with Gasteiger partial charge in [0.15, 0.2) is 0 Å². The Labute approximate surface area is 107 Å². The third-order valence-corrected chi connectivity index (χ3v) is 4.64. The zero-order chi connectivity index (χ0) is 11.4. The van der Waals surface area contributed by atoms with E-state index in [0.29, 0.717) is 0 Å². The molecule has 1 heterocycles. The number of thiazole rings is 1. The van der Waals surface area contributed by atoms with Gasteiger partial charge in [0.1, 0.15) is 5.01 Å². The van der Waals surface area contributed by atoms with Gasteiger partial charge >= 0.3 is 0 Å².